The van der Waals surface area contributed by atoms with Gasteiger partial charge >= 0.3 is 5.97 Å². The number of carbonyl (C=O) groups excluding carboxylic acids is 2. The molecule has 3 rings (SSSR count). The largest absolute Gasteiger partial charge is 0.462 e. The van der Waals surface area contributed by atoms with E-state index in [-0.39, 0.29) is 11.9 Å². The standard InChI is InChI=1S/C19H22Cl2N4O3/c1-3-28-19(27)13-5-6-16(22-12-13)24-7-4-8-25(10-9-24)18(26)15-11-14(20)17(21)23(15)2/h5-6,11-12H,3-4,7-10H2,1-2H3. The van der Waals surface area contributed by atoms with Crippen LogP contribution in [0, 0.1) is 0 Å². The molecule has 0 aromatic carbocycles. The molecule has 0 unspecified atom stereocenters. The minimum atomic E-state index is -0.380. The van der Waals surface area contributed by atoms with Crippen molar-refractivity contribution in [1.82, 2.24) is 14.5 Å². The highest BCUT2D eigenvalue weighted by atomic mass is 35.5. The van der Waals surface area contributed by atoms with Crippen molar-refractivity contribution in [3.63, 3.8) is 0 Å². The van der Waals surface area contributed by atoms with E-state index in [4.69, 9.17) is 27.9 Å². The highest BCUT2D eigenvalue weighted by molar-refractivity contribution is 6.41. The van der Waals surface area contributed by atoms with Crippen LogP contribution >= 0.6 is 23.2 Å². The lowest BCUT2D eigenvalue weighted by Gasteiger charge is -2.23. The predicted molar refractivity (Wildman–Crippen MR) is 108 cm³/mol. The second-order valence-corrected chi connectivity index (χ2v) is 7.25. The molecule has 0 saturated carbocycles. The number of esters is 1. The van der Waals surface area contributed by atoms with E-state index in [0.717, 1.165) is 18.8 Å². The molecule has 0 bridgehead atoms. The molecule has 3 heterocycles. The van der Waals surface area contributed by atoms with Gasteiger partial charge in [-0.3, -0.25) is 4.79 Å². The number of amides is 1. The van der Waals surface area contributed by atoms with E-state index >= 15 is 0 Å². The number of rotatable bonds is 4. The van der Waals surface area contributed by atoms with E-state index in [1.54, 1.807) is 41.6 Å². The van der Waals surface area contributed by atoms with Crippen LogP contribution in [0.4, 0.5) is 5.82 Å². The molecule has 0 atom stereocenters. The van der Waals surface area contributed by atoms with E-state index < -0.39 is 0 Å². The average molecular weight is 425 g/mol. The number of pyridine rings is 1. The zero-order valence-electron chi connectivity index (χ0n) is 15.8. The van der Waals surface area contributed by atoms with Crippen LogP contribution in [0.25, 0.3) is 0 Å². The van der Waals surface area contributed by atoms with Gasteiger partial charge in [0.25, 0.3) is 5.91 Å². The molecule has 0 radical (unpaired) electrons. The van der Waals surface area contributed by atoms with E-state index in [1.807, 2.05) is 0 Å². The van der Waals surface area contributed by atoms with Crippen LogP contribution in [0.15, 0.2) is 24.4 Å². The van der Waals surface area contributed by atoms with Gasteiger partial charge in [0, 0.05) is 39.4 Å². The molecule has 1 fully saturated rings. The lowest BCUT2D eigenvalue weighted by Crippen LogP contribution is -2.36. The van der Waals surface area contributed by atoms with E-state index in [9.17, 15) is 9.59 Å². The van der Waals surface area contributed by atoms with Crippen LogP contribution < -0.4 is 4.90 Å². The second kappa shape index (κ2) is 8.84. The SMILES string of the molecule is CCOC(=O)c1ccc(N2CCCN(C(=O)c3cc(Cl)c(Cl)n3C)CC2)nc1. The Hall–Kier alpha value is -2.25. The van der Waals surface area contributed by atoms with Gasteiger partial charge in [-0.25, -0.2) is 9.78 Å². The molecule has 2 aromatic rings. The first-order valence-corrected chi connectivity index (χ1v) is 9.86. The first kappa shape index (κ1) is 20.5. The fourth-order valence-corrected chi connectivity index (χ4v) is 3.54. The molecular formula is C19H22Cl2N4O3. The van der Waals surface area contributed by atoms with Gasteiger partial charge < -0.3 is 19.1 Å². The Morgan fingerprint density at radius 2 is 1.96 bits per heavy atom. The third kappa shape index (κ3) is 4.25. The van der Waals surface area contributed by atoms with E-state index in [1.165, 1.54) is 6.20 Å². The Morgan fingerprint density at radius 3 is 2.57 bits per heavy atom. The van der Waals surface area contributed by atoms with Crippen molar-refractivity contribution in [2.24, 2.45) is 7.05 Å². The van der Waals surface area contributed by atoms with Crippen LogP contribution in [-0.2, 0) is 11.8 Å². The maximum atomic E-state index is 12.9. The molecule has 2 aromatic heterocycles. The molecular weight excluding hydrogens is 403 g/mol. The van der Waals surface area contributed by atoms with Gasteiger partial charge in [-0.2, -0.15) is 0 Å². The Morgan fingerprint density at radius 1 is 1.18 bits per heavy atom. The number of hydrogen-bond donors (Lipinski definition) is 0. The summed E-state index contributed by atoms with van der Waals surface area (Å²) in [7, 11) is 1.72. The summed E-state index contributed by atoms with van der Waals surface area (Å²) in [5.74, 6) is 0.296. The lowest BCUT2D eigenvalue weighted by atomic mass is 10.2. The summed E-state index contributed by atoms with van der Waals surface area (Å²) in [6.45, 7) is 4.69. The minimum absolute atomic E-state index is 0.0937. The Labute approximate surface area is 173 Å². The Kier molecular flexibility index (Phi) is 6.46. The predicted octanol–water partition coefficient (Wildman–Crippen LogP) is 3.26. The molecule has 0 aliphatic carbocycles. The van der Waals surface area contributed by atoms with Crippen LogP contribution in [0.5, 0.6) is 0 Å². The molecule has 9 heteroatoms. The van der Waals surface area contributed by atoms with Gasteiger partial charge in [-0.1, -0.05) is 23.2 Å². The number of carbonyl (C=O) groups is 2. The molecule has 1 saturated heterocycles. The van der Waals surface area contributed by atoms with Crippen LogP contribution in [0.1, 0.15) is 34.2 Å². The highest BCUT2D eigenvalue weighted by Crippen LogP contribution is 2.26. The summed E-state index contributed by atoms with van der Waals surface area (Å²) in [6.07, 6.45) is 2.33. The zero-order valence-corrected chi connectivity index (χ0v) is 17.3. The summed E-state index contributed by atoms with van der Waals surface area (Å²) in [5, 5.41) is 0.724. The van der Waals surface area contributed by atoms with E-state index in [0.29, 0.717) is 47.7 Å². The molecule has 0 N–H and O–H groups in total. The molecule has 1 amide bonds. The van der Waals surface area contributed by atoms with Gasteiger partial charge in [0.1, 0.15) is 16.7 Å². The Bertz CT molecular complexity index is 867. The minimum Gasteiger partial charge on any atom is -0.462 e. The normalized spacial score (nSPS) is 14.7. The smallest absolute Gasteiger partial charge is 0.339 e. The zero-order chi connectivity index (χ0) is 20.3. The van der Waals surface area contributed by atoms with Crippen molar-refractivity contribution in [3.05, 3.63) is 45.8 Å². The third-order valence-electron chi connectivity index (χ3n) is 4.70. The number of hydrogen-bond acceptors (Lipinski definition) is 5. The number of halogens is 2. The number of anilines is 1. The molecule has 28 heavy (non-hydrogen) atoms. The second-order valence-electron chi connectivity index (χ2n) is 6.49. The number of aromatic nitrogens is 2. The molecule has 1 aliphatic heterocycles. The average Bonchev–Trinajstić information content (AvgIpc) is 2.88. The van der Waals surface area contributed by atoms with Crippen molar-refractivity contribution < 1.29 is 14.3 Å². The number of nitrogens with zero attached hydrogens (tertiary/aromatic N) is 4. The van der Waals surface area contributed by atoms with Crippen LogP contribution in [-0.4, -0.2) is 59.1 Å². The monoisotopic (exact) mass is 424 g/mol. The van der Waals surface area contributed by atoms with Crippen molar-refractivity contribution in [2.45, 2.75) is 13.3 Å². The Balaban J connectivity index is 1.67. The summed E-state index contributed by atoms with van der Waals surface area (Å²) in [4.78, 5) is 32.9. The summed E-state index contributed by atoms with van der Waals surface area (Å²) in [5.41, 5.74) is 0.898. The van der Waals surface area contributed by atoms with Crippen molar-refractivity contribution >= 4 is 40.9 Å². The van der Waals surface area contributed by atoms with Crippen LogP contribution in [0.3, 0.4) is 0 Å². The fourth-order valence-electron chi connectivity index (χ4n) is 3.17. The fraction of sp³-hybridized carbons (Fsp3) is 0.421. The number of ether oxygens (including phenoxy) is 1. The van der Waals surface area contributed by atoms with Gasteiger partial charge in [0.15, 0.2) is 0 Å². The first-order chi connectivity index (χ1) is 13.4. The highest BCUT2D eigenvalue weighted by Gasteiger charge is 2.24. The summed E-state index contributed by atoms with van der Waals surface area (Å²) < 4.78 is 6.58. The maximum absolute atomic E-state index is 12.9. The van der Waals surface area contributed by atoms with Gasteiger partial charge in [-0.05, 0) is 31.5 Å². The third-order valence-corrected chi connectivity index (χ3v) is 5.54. The van der Waals surface area contributed by atoms with Crippen molar-refractivity contribution in [1.29, 1.82) is 0 Å². The maximum Gasteiger partial charge on any atom is 0.339 e. The van der Waals surface area contributed by atoms with Gasteiger partial charge in [0.05, 0.1) is 17.2 Å². The first-order valence-electron chi connectivity index (χ1n) is 9.10. The molecule has 150 valence electrons. The quantitative estimate of drug-likeness (QED) is 0.704. The lowest BCUT2D eigenvalue weighted by molar-refractivity contribution is 0.0525. The molecule has 0 spiro atoms. The molecule has 1 aliphatic rings. The van der Waals surface area contributed by atoms with E-state index in [2.05, 4.69) is 9.88 Å². The van der Waals surface area contributed by atoms with Crippen molar-refractivity contribution in [2.75, 3.05) is 37.7 Å². The summed E-state index contributed by atoms with van der Waals surface area (Å²) >= 11 is 12.1. The van der Waals surface area contributed by atoms with Crippen molar-refractivity contribution in [3.8, 4) is 0 Å². The summed E-state index contributed by atoms with van der Waals surface area (Å²) in [6, 6.07) is 5.12. The van der Waals surface area contributed by atoms with Crippen LogP contribution in [0.2, 0.25) is 10.2 Å². The van der Waals surface area contributed by atoms with Gasteiger partial charge in [-0.15, -0.1) is 0 Å². The van der Waals surface area contributed by atoms with Gasteiger partial charge in [0.2, 0.25) is 0 Å². The molecule has 7 nitrogen and oxygen atoms in total. The topological polar surface area (TPSA) is 67.7 Å².